The molecule has 11 rings (SSSR count). The Morgan fingerprint density at radius 2 is 0.931 bits per heavy atom. The van der Waals surface area contributed by atoms with E-state index >= 15 is 0 Å². The van der Waals surface area contributed by atoms with Gasteiger partial charge in [0.05, 0.1) is 22.1 Å². The third kappa shape index (κ3) is 5.59. The number of aromatic nitrogens is 1. The van der Waals surface area contributed by atoms with Gasteiger partial charge in [0, 0.05) is 38.8 Å². The number of hydrogen-bond acceptors (Lipinski definition) is 2. The highest BCUT2D eigenvalue weighted by molar-refractivity contribution is 6.17. The maximum Gasteiger partial charge on any atom is 0.145 e. The molecule has 2 aromatic heterocycles. The third-order valence-electron chi connectivity index (χ3n) is 11.5. The lowest BCUT2D eigenvalue weighted by Gasteiger charge is -2.27. The number of aryl methyl sites for hydroxylation is 1. The van der Waals surface area contributed by atoms with Crippen LogP contribution in [0.4, 0.5) is 17.1 Å². The number of furan rings is 1. The Bertz CT molecular complexity index is 3210. The SMILES string of the molecule is Cc1cc(N(c2ccc(-c3ccccc3)cc2)c2ccc(-c3ccc(-n4c5ccccc5c5ccccc54)cc3)c3oc4ccccc4c23)ccc1-c1ccccc1. The maximum atomic E-state index is 6.86. The summed E-state index contributed by atoms with van der Waals surface area (Å²) in [5.74, 6) is 0. The lowest BCUT2D eigenvalue weighted by molar-refractivity contribution is 0.670. The van der Waals surface area contributed by atoms with Crippen molar-refractivity contribution in [1.82, 2.24) is 4.57 Å². The molecule has 0 saturated carbocycles. The molecule has 9 aromatic carbocycles. The van der Waals surface area contributed by atoms with Crippen LogP contribution >= 0.6 is 0 Å². The van der Waals surface area contributed by atoms with Crippen LogP contribution in [0.1, 0.15) is 5.56 Å². The van der Waals surface area contributed by atoms with Crippen molar-refractivity contribution in [3.63, 3.8) is 0 Å². The second-order valence-corrected chi connectivity index (χ2v) is 15.0. The zero-order chi connectivity index (χ0) is 38.6. The number of fused-ring (bicyclic) bond motifs is 6. The summed E-state index contributed by atoms with van der Waals surface area (Å²) in [6, 6.07) is 76.0. The van der Waals surface area contributed by atoms with Crippen LogP contribution in [0.5, 0.6) is 0 Å². The fourth-order valence-electron chi connectivity index (χ4n) is 8.80. The molecule has 0 spiro atoms. The number of rotatable bonds is 7. The van der Waals surface area contributed by atoms with Crippen LogP contribution in [-0.2, 0) is 0 Å². The summed E-state index contributed by atoms with van der Waals surface area (Å²) in [7, 11) is 0. The van der Waals surface area contributed by atoms with Gasteiger partial charge < -0.3 is 13.9 Å². The highest BCUT2D eigenvalue weighted by atomic mass is 16.3. The Morgan fingerprint density at radius 1 is 0.414 bits per heavy atom. The van der Waals surface area contributed by atoms with Gasteiger partial charge >= 0.3 is 0 Å². The summed E-state index contributed by atoms with van der Waals surface area (Å²) in [4.78, 5) is 2.38. The first kappa shape index (κ1) is 33.7. The Morgan fingerprint density at radius 3 is 1.60 bits per heavy atom. The van der Waals surface area contributed by atoms with Gasteiger partial charge in [0.15, 0.2) is 0 Å². The van der Waals surface area contributed by atoms with Crippen LogP contribution in [0.3, 0.4) is 0 Å². The second kappa shape index (κ2) is 13.8. The van der Waals surface area contributed by atoms with E-state index in [1.54, 1.807) is 0 Å². The van der Waals surface area contributed by atoms with Crippen molar-refractivity contribution in [3.8, 4) is 39.1 Å². The van der Waals surface area contributed by atoms with E-state index in [0.717, 1.165) is 55.8 Å². The molecule has 0 bridgehead atoms. The first-order chi connectivity index (χ1) is 28.7. The molecule has 0 unspecified atom stereocenters. The summed E-state index contributed by atoms with van der Waals surface area (Å²) < 4.78 is 9.23. The molecule has 58 heavy (non-hydrogen) atoms. The van der Waals surface area contributed by atoms with E-state index in [0.29, 0.717) is 0 Å². The molecule has 0 amide bonds. The Balaban J connectivity index is 1.08. The van der Waals surface area contributed by atoms with Crippen molar-refractivity contribution in [2.45, 2.75) is 6.92 Å². The molecule has 0 radical (unpaired) electrons. The molecular formula is C55H38N2O. The number of para-hydroxylation sites is 3. The Hall–Kier alpha value is -7.62. The predicted octanol–water partition coefficient (Wildman–Crippen LogP) is 15.5. The molecular weight excluding hydrogens is 705 g/mol. The Labute approximate surface area is 337 Å². The topological polar surface area (TPSA) is 21.3 Å². The first-order valence-electron chi connectivity index (χ1n) is 19.8. The quantitative estimate of drug-likeness (QED) is 0.162. The van der Waals surface area contributed by atoms with E-state index in [9.17, 15) is 0 Å². The highest BCUT2D eigenvalue weighted by Crippen LogP contribution is 2.47. The summed E-state index contributed by atoms with van der Waals surface area (Å²) in [6.07, 6.45) is 0. The summed E-state index contributed by atoms with van der Waals surface area (Å²) >= 11 is 0. The lowest BCUT2D eigenvalue weighted by Crippen LogP contribution is -2.11. The van der Waals surface area contributed by atoms with Crippen molar-refractivity contribution in [3.05, 3.63) is 218 Å². The standard InChI is InChI=1S/C55H38N2O/c1-37-36-44(32-33-45(37)40-16-6-3-7-17-40)56(42-28-24-39(25-29-42)38-14-4-2-5-15-38)52-35-34-46(55-54(52)49-20-10-13-23-53(49)58-55)41-26-30-43(31-27-41)57-50-21-11-8-18-47(50)48-19-9-12-22-51(48)57/h2-36H,1H3. The van der Waals surface area contributed by atoms with Crippen LogP contribution in [0, 0.1) is 6.92 Å². The van der Waals surface area contributed by atoms with E-state index in [-0.39, 0.29) is 0 Å². The monoisotopic (exact) mass is 742 g/mol. The Kier molecular flexibility index (Phi) is 8.04. The summed E-state index contributed by atoms with van der Waals surface area (Å²) in [5.41, 5.74) is 16.6. The maximum absolute atomic E-state index is 6.86. The van der Waals surface area contributed by atoms with Crippen molar-refractivity contribution >= 4 is 60.8 Å². The second-order valence-electron chi connectivity index (χ2n) is 15.0. The summed E-state index contributed by atoms with van der Waals surface area (Å²) in [5, 5.41) is 4.67. The van der Waals surface area contributed by atoms with Crippen molar-refractivity contribution in [2.75, 3.05) is 4.90 Å². The van der Waals surface area contributed by atoms with Crippen LogP contribution in [0.2, 0.25) is 0 Å². The minimum Gasteiger partial charge on any atom is -0.455 e. The molecule has 0 fully saturated rings. The molecule has 0 aliphatic rings. The molecule has 0 aliphatic heterocycles. The first-order valence-corrected chi connectivity index (χ1v) is 19.8. The van der Waals surface area contributed by atoms with Gasteiger partial charge in [-0.05, 0) is 107 Å². The molecule has 2 heterocycles. The molecule has 0 aliphatic carbocycles. The van der Waals surface area contributed by atoms with Crippen molar-refractivity contribution < 1.29 is 4.42 Å². The molecule has 0 atom stereocenters. The average molecular weight is 743 g/mol. The molecule has 0 saturated heterocycles. The van der Waals surface area contributed by atoms with Gasteiger partial charge in [0.1, 0.15) is 11.2 Å². The van der Waals surface area contributed by atoms with Gasteiger partial charge in [-0.25, -0.2) is 0 Å². The average Bonchev–Trinajstić information content (AvgIpc) is 3.84. The molecule has 11 aromatic rings. The van der Waals surface area contributed by atoms with E-state index in [4.69, 9.17) is 4.42 Å². The van der Waals surface area contributed by atoms with Crippen LogP contribution in [0.25, 0.3) is 82.8 Å². The van der Waals surface area contributed by atoms with E-state index in [1.807, 2.05) is 0 Å². The zero-order valence-electron chi connectivity index (χ0n) is 32.0. The van der Waals surface area contributed by atoms with Crippen molar-refractivity contribution in [2.24, 2.45) is 0 Å². The lowest BCUT2D eigenvalue weighted by atomic mass is 9.97. The molecule has 274 valence electrons. The fraction of sp³-hybridized carbons (Fsp3) is 0.0182. The van der Waals surface area contributed by atoms with Gasteiger partial charge in [-0.2, -0.15) is 0 Å². The minimum atomic E-state index is 0.864. The molecule has 0 N–H and O–H groups in total. The summed E-state index contributed by atoms with van der Waals surface area (Å²) in [6.45, 7) is 2.21. The smallest absolute Gasteiger partial charge is 0.145 e. The van der Waals surface area contributed by atoms with Crippen LogP contribution in [0.15, 0.2) is 217 Å². The van der Waals surface area contributed by atoms with E-state index < -0.39 is 0 Å². The normalized spacial score (nSPS) is 11.5. The zero-order valence-corrected chi connectivity index (χ0v) is 32.0. The van der Waals surface area contributed by atoms with Gasteiger partial charge in [-0.1, -0.05) is 146 Å². The van der Waals surface area contributed by atoms with Crippen molar-refractivity contribution in [1.29, 1.82) is 0 Å². The number of hydrogen-bond donors (Lipinski definition) is 0. The largest absolute Gasteiger partial charge is 0.455 e. The molecule has 3 heteroatoms. The van der Waals surface area contributed by atoms with Crippen LogP contribution in [-0.4, -0.2) is 4.57 Å². The fourth-order valence-corrected chi connectivity index (χ4v) is 8.80. The predicted molar refractivity (Wildman–Crippen MR) is 244 cm³/mol. The van der Waals surface area contributed by atoms with Gasteiger partial charge in [0.2, 0.25) is 0 Å². The van der Waals surface area contributed by atoms with E-state index in [1.165, 1.54) is 49.6 Å². The van der Waals surface area contributed by atoms with Gasteiger partial charge in [-0.15, -0.1) is 0 Å². The van der Waals surface area contributed by atoms with Crippen LogP contribution < -0.4 is 4.90 Å². The number of anilines is 3. The number of nitrogens with zero attached hydrogens (tertiary/aromatic N) is 2. The van der Waals surface area contributed by atoms with E-state index in [2.05, 4.69) is 229 Å². The third-order valence-corrected chi connectivity index (χ3v) is 11.5. The minimum absolute atomic E-state index is 0.864. The van der Waals surface area contributed by atoms with Gasteiger partial charge in [-0.3, -0.25) is 0 Å². The molecule has 3 nitrogen and oxygen atoms in total. The highest BCUT2D eigenvalue weighted by Gasteiger charge is 2.23. The number of benzene rings is 9. The van der Waals surface area contributed by atoms with Gasteiger partial charge in [0.25, 0.3) is 0 Å².